The second kappa shape index (κ2) is 8.55. The molecule has 1 amide bonds. The number of hydrogen-bond donors (Lipinski definition) is 1. The molecule has 29 heavy (non-hydrogen) atoms. The molecule has 1 aliphatic rings. The quantitative estimate of drug-likeness (QED) is 0.825. The summed E-state index contributed by atoms with van der Waals surface area (Å²) < 4.78 is 43.8. The van der Waals surface area contributed by atoms with Gasteiger partial charge in [-0.05, 0) is 47.2 Å². The number of carboxylic acid groups (broad SMARTS) is 1. The summed E-state index contributed by atoms with van der Waals surface area (Å²) in [6.45, 7) is 0.305. The molecule has 1 N–H and O–H groups in total. The van der Waals surface area contributed by atoms with Crippen LogP contribution >= 0.6 is 0 Å². The maximum absolute atomic E-state index is 12.7. The molecule has 0 aromatic heterocycles. The van der Waals surface area contributed by atoms with Crippen molar-refractivity contribution in [2.75, 3.05) is 13.1 Å². The lowest BCUT2D eigenvalue weighted by Crippen LogP contribution is -2.42. The van der Waals surface area contributed by atoms with E-state index in [0.29, 0.717) is 24.2 Å². The van der Waals surface area contributed by atoms with Gasteiger partial charge in [0.15, 0.2) is 0 Å². The zero-order valence-electron chi connectivity index (χ0n) is 15.5. The van der Waals surface area contributed by atoms with Crippen molar-refractivity contribution < 1.29 is 32.6 Å². The Morgan fingerprint density at radius 3 is 2.41 bits per heavy atom. The zero-order chi connectivity index (χ0) is 21.0. The van der Waals surface area contributed by atoms with Gasteiger partial charge in [-0.3, -0.25) is 9.59 Å². The first-order chi connectivity index (χ1) is 13.7. The molecule has 0 aliphatic carbocycles. The Hall–Kier alpha value is -3.03. The highest BCUT2D eigenvalue weighted by atomic mass is 19.4. The van der Waals surface area contributed by atoms with Crippen LogP contribution in [0.4, 0.5) is 13.2 Å². The molecule has 1 aliphatic heterocycles. The standard InChI is InChI=1S/C21H20F3NO4/c22-21(23,24)20(28)25-8-6-16-5-4-15(10-17(16)7-9-25)13-29-18-3-1-2-14(11-18)12-19(26)27/h1-5,10-11H,6-9,12-13H2,(H,26,27). The first-order valence-corrected chi connectivity index (χ1v) is 9.12. The van der Waals surface area contributed by atoms with Crippen molar-refractivity contribution >= 4 is 11.9 Å². The lowest BCUT2D eigenvalue weighted by molar-refractivity contribution is -0.185. The van der Waals surface area contributed by atoms with Crippen molar-refractivity contribution in [3.05, 3.63) is 64.7 Å². The van der Waals surface area contributed by atoms with Crippen LogP contribution in [0.2, 0.25) is 0 Å². The van der Waals surface area contributed by atoms with Gasteiger partial charge in [-0.15, -0.1) is 0 Å². The van der Waals surface area contributed by atoms with E-state index in [1.54, 1.807) is 24.3 Å². The highest BCUT2D eigenvalue weighted by Gasteiger charge is 2.42. The molecular weight excluding hydrogens is 387 g/mol. The summed E-state index contributed by atoms with van der Waals surface area (Å²) in [5.74, 6) is -2.18. The van der Waals surface area contributed by atoms with Crippen LogP contribution in [0.25, 0.3) is 0 Å². The Balaban J connectivity index is 1.64. The van der Waals surface area contributed by atoms with Crippen LogP contribution in [0.1, 0.15) is 22.3 Å². The number of aliphatic carboxylic acids is 1. The van der Waals surface area contributed by atoms with E-state index in [2.05, 4.69) is 0 Å². The predicted molar refractivity (Wildman–Crippen MR) is 98.6 cm³/mol. The lowest BCUT2D eigenvalue weighted by atomic mass is 10.0. The minimum Gasteiger partial charge on any atom is -0.489 e. The molecule has 0 bridgehead atoms. The molecule has 1 heterocycles. The fraction of sp³-hybridized carbons (Fsp3) is 0.333. The summed E-state index contributed by atoms with van der Waals surface area (Å²) in [6.07, 6.45) is -4.23. The molecule has 0 saturated carbocycles. The Morgan fingerprint density at radius 2 is 1.72 bits per heavy atom. The molecule has 3 rings (SSSR count). The minimum absolute atomic E-state index is 0.0207. The van der Waals surface area contributed by atoms with Crippen LogP contribution in [0.15, 0.2) is 42.5 Å². The number of carbonyl (C=O) groups is 2. The van der Waals surface area contributed by atoms with Crippen molar-refractivity contribution in [3.63, 3.8) is 0 Å². The third kappa shape index (κ3) is 5.49. The maximum atomic E-state index is 12.7. The van der Waals surface area contributed by atoms with E-state index >= 15 is 0 Å². The first-order valence-electron chi connectivity index (χ1n) is 9.12. The Bertz CT molecular complexity index is 911. The molecule has 0 atom stereocenters. The van der Waals surface area contributed by atoms with E-state index in [0.717, 1.165) is 21.6 Å². The number of rotatable bonds is 5. The molecular formula is C21H20F3NO4. The average Bonchev–Trinajstić information content (AvgIpc) is 2.87. The van der Waals surface area contributed by atoms with Crippen molar-refractivity contribution in [1.82, 2.24) is 4.90 Å². The molecule has 5 nitrogen and oxygen atoms in total. The van der Waals surface area contributed by atoms with Crippen LogP contribution in [0.3, 0.4) is 0 Å². The summed E-state index contributed by atoms with van der Waals surface area (Å²) in [7, 11) is 0. The van der Waals surface area contributed by atoms with E-state index in [4.69, 9.17) is 9.84 Å². The molecule has 2 aromatic rings. The molecule has 0 fully saturated rings. The van der Waals surface area contributed by atoms with Gasteiger partial charge in [-0.1, -0.05) is 30.3 Å². The zero-order valence-corrected chi connectivity index (χ0v) is 15.5. The van der Waals surface area contributed by atoms with Crippen molar-refractivity contribution in [2.45, 2.75) is 32.0 Å². The second-order valence-corrected chi connectivity index (χ2v) is 6.90. The topological polar surface area (TPSA) is 66.8 Å². The van der Waals surface area contributed by atoms with Crippen LogP contribution in [-0.4, -0.2) is 41.1 Å². The van der Waals surface area contributed by atoms with Crippen molar-refractivity contribution in [3.8, 4) is 5.75 Å². The van der Waals surface area contributed by atoms with Crippen molar-refractivity contribution in [1.29, 1.82) is 0 Å². The smallest absolute Gasteiger partial charge is 0.471 e. The summed E-state index contributed by atoms with van der Waals surface area (Å²) in [5.41, 5.74) is 3.31. The highest BCUT2D eigenvalue weighted by Crippen LogP contribution is 2.24. The fourth-order valence-electron chi connectivity index (χ4n) is 3.34. The second-order valence-electron chi connectivity index (χ2n) is 6.90. The first kappa shape index (κ1) is 20.7. The molecule has 0 saturated heterocycles. The van der Waals surface area contributed by atoms with Crippen LogP contribution in [-0.2, 0) is 35.5 Å². The minimum atomic E-state index is -4.86. The molecule has 0 unspecified atom stereocenters. The van der Waals surface area contributed by atoms with Gasteiger partial charge in [-0.25, -0.2) is 0 Å². The van der Waals surface area contributed by atoms with E-state index in [1.807, 2.05) is 18.2 Å². The number of halogens is 3. The number of amides is 1. The van der Waals surface area contributed by atoms with E-state index in [-0.39, 0.29) is 26.1 Å². The van der Waals surface area contributed by atoms with Gasteiger partial charge in [0, 0.05) is 13.1 Å². The SMILES string of the molecule is O=C(O)Cc1cccc(OCc2ccc3c(c2)CCN(C(=O)C(F)(F)F)CC3)c1. The largest absolute Gasteiger partial charge is 0.489 e. The van der Waals surface area contributed by atoms with Gasteiger partial charge in [0.25, 0.3) is 0 Å². The molecule has 2 aromatic carbocycles. The average molecular weight is 407 g/mol. The van der Waals surface area contributed by atoms with Gasteiger partial charge in [-0.2, -0.15) is 13.2 Å². The number of carboxylic acids is 1. The van der Waals surface area contributed by atoms with Crippen molar-refractivity contribution in [2.24, 2.45) is 0 Å². The van der Waals surface area contributed by atoms with Crippen LogP contribution < -0.4 is 4.74 Å². The maximum Gasteiger partial charge on any atom is 0.471 e. The lowest BCUT2D eigenvalue weighted by Gasteiger charge is -2.21. The third-order valence-electron chi connectivity index (χ3n) is 4.76. The number of fused-ring (bicyclic) bond motifs is 1. The van der Waals surface area contributed by atoms with Crippen LogP contribution in [0, 0.1) is 0 Å². The van der Waals surface area contributed by atoms with E-state index in [1.165, 1.54) is 0 Å². The normalized spacial score (nSPS) is 14.1. The molecule has 8 heteroatoms. The molecule has 0 spiro atoms. The fourth-order valence-corrected chi connectivity index (χ4v) is 3.34. The van der Waals surface area contributed by atoms with Crippen LogP contribution in [0.5, 0.6) is 5.75 Å². The molecule has 0 radical (unpaired) electrons. The van der Waals surface area contributed by atoms with Gasteiger partial charge in [0.2, 0.25) is 0 Å². The number of carbonyl (C=O) groups excluding carboxylic acids is 1. The highest BCUT2D eigenvalue weighted by molar-refractivity contribution is 5.82. The monoisotopic (exact) mass is 407 g/mol. The van der Waals surface area contributed by atoms with E-state index in [9.17, 15) is 22.8 Å². The van der Waals surface area contributed by atoms with E-state index < -0.39 is 18.1 Å². The number of ether oxygens (including phenoxy) is 1. The molecule has 154 valence electrons. The Labute approximate surface area is 165 Å². The van der Waals surface area contributed by atoms with Gasteiger partial charge < -0.3 is 14.7 Å². The Morgan fingerprint density at radius 1 is 1.00 bits per heavy atom. The van der Waals surface area contributed by atoms with Gasteiger partial charge in [0.1, 0.15) is 12.4 Å². The summed E-state index contributed by atoms with van der Waals surface area (Å²) in [6, 6.07) is 12.4. The number of nitrogens with zero attached hydrogens (tertiary/aromatic N) is 1. The van der Waals surface area contributed by atoms with Gasteiger partial charge in [0.05, 0.1) is 6.42 Å². The number of alkyl halides is 3. The number of benzene rings is 2. The third-order valence-corrected chi connectivity index (χ3v) is 4.76. The summed E-state index contributed by atoms with van der Waals surface area (Å²) >= 11 is 0. The summed E-state index contributed by atoms with van der Waals surface area (Å²) in [4.78, 5) is 23.2. The Kier molecular flexibility index (Phi) is 6.10. The van der Waals surface area contributed by atoms with Gasteiger partial charge >= 0.3 is 18.1 Å². The summed E-state index contributed by atoms with van der Waals surface area (Å²) in [5, 5.41) is 8.87. The number of hydrogen-bond acceptors (Lipinski definition) is 3. The predicted octanol–water partition coefficient (Wildman–Crippen LogP) is 3.38.